The van der Waals surface area contributed by atoms with E-state index in [1.165, 1.54) is 6.33 Å². The van der Waals surface area contributed by atoms with E-state index in [-0.39, 0.29) is 10.4 Å². The Morgan fingerprint density at radius 1 is 1.50 bits per heavy atom. The summed E-state index contributed by atoms with van der Waals surface area (Å²) < 4.78 is 31.0. The van der Waals surface area contributed by atoms with Crippen molar-refractivity contribution < 1.29 is 13.5 Å². The summed E-state index contributed by atoms with van der Waals surface area (Å²) in [7, 11) is 0. The Labute approximate surface area is 111 Å². The third-order valence-electron chi connectivity index (χ3n) is 2.95. The van der Waals surface area contributed by atoms with E-state index >= 15 is 0 Å². The van der Waals surface area contributed by atoms with Crippen molar-refractivity contribution in [3.63, 3.8) is 0 Å². The van der Waals surface area contributed by atoms with Gasteiger partial charge in [-0.25, -0.2) is 13.8 Å². The van der Waals surface area contributed by atoms with Crippen molar-refractivity contribution in [2.24, 2.45) is 0 Å². The van der Waals surface area contributed by atoms with Crippen LogP contribution in [-0.4, -0.2) is 29.2 Å². The van der Waals surface area contributed by atoms with Gasteiger partial charge in [-0.1, -0.05) is 0 Å². The van der Waals surface area contributed by atoms with Crippen LogP contribution in [0.4, 0.5) is 8.78 Å². The standard InChI is InChI=1S/C11H13BrF2N2O2/c12-9-10(7-1-3-18-4-2-7)15-6-16(11(9)17)5-8(13)14/h6-8H,1-5H2. The fourth-order valence-electron chi connectivity index (χ4n) is 2.01. The van der Waals surface area contributed by atoms with Gasteiger partial charge in [0.1, 0.15) is 4.47 Å². The first-order valence-corrected chi connectivity index (χ1v) is 6.49. The zero-order chi connectivity index (χ0) is 13.1. The molecule has 0 spiro atoms. The van der Waals surface area contributed by atoms with Crippen LogP contribution >= 0.6 is 15.9 Å². The van der Waals surface area contributed by atoms with E-state index in [0.29, 0.717) is 18.9 Å². The largest absolute Gasteiger partial charge is 0.381 e. The molecule has 2 heterocycles. The number of halogens is 3. The van der Waals surface area contributed by atoms with Gasteiger partial charge in [-0.3, -0.25) is 9.36 Å². The van der Waals surface area contributed by atoms with Crippen LogP contribution in [0.2, 0.25) is 0 Å². The number of nitrogens with zero attached hydrogens (tertiary/aromatic N) is 2. The second-order valence-corrected chi connectivity index (χ2v) is 4.97. The first-order valence-electron chi connectivity index (χ1n) is 5.70. The maximum absolute atomic E-state index is 12.3. The molecule has 0 unspecified atom stereocenters. The van der Waals surface area contributed by atoms with Crippen molar-refractivity contribution in [2.45, 2.75) is 31.7 Å². The summed E-state index contributed by atoms with van der Waals surface area (Å²) in [4.78, 5) is 16.0. The lowest BCUT2D eigenvalue weighted by molar-refractivity contribution is 0.0841. The van der Waals surface area contributed by atoms with E-state index in [9.17, 15) is 13.6 Å². The number of hydrogen-bond donors (Lipinski definition) is 0. The van der Waals surface area contributed by atoms with E-state index in [1.54, 1.807) is 0 Å². The van der Waals surface area contributed by atoms with Crippen molar-refractivity contribution in [3.8, 4) is 0 Å². The van der Waals surface area contributed by atoms with Crippen LogP contribution in [0.25, 0.3) is 0 Å². The first-order chi connectivity index (χ1) is 8.59. The highest BCUT2D eigenvalue weighted by Crippen LogP contribution is 2.28. The molecule has 1 fully saturated rings. The lowest BCUT2D eigenvalue weighted by Crippen LogP contribution is -2.27. The molecule has 1 aromatic rings. The summed E-state index contributed by atoms with van der Waals surface area (Å²) >= 11 is 3.17. The Hall–Kier alpha value is -0.820. The van der Waals surface area contributed by atoms with Gasteiger partial charge in [-0.05, 0) is 28.8 Å². The Morgan fingerprint density at radius 2 is 2.17 bits per heavy atom. The number of ether oxygens (including phenoxy) is 1. The number of rotatable bonds is 3. The Morgan fingerprint density at radius 3 is 2.78 bits per heavy atom. The molecule has 0 bridgehead atoms. The van der Waals surface area contributed by atoms with Gasteiger partial charge in [0.05, 0.1) is 18.6 Å². The summed E-state index contributed by atoms with van der Waals surface area (Å²) in [5, 5.41) is 0. The molecule has 1 aliphatic rings. The van der Waals surface area contributed by atoms with E-state index in [1.807, 2.05) is 0 Å². The lowest BCUT2D eigenvalue weighted by Gasteiger charge is -2.22. The predicted octanol–water partition coefficient (Wildman–Crippen LogP) is 2.16. The van der Waals surface area contributed by atoms with Gasteiger partial charge in [0.25, 0.3) is 12.0 Å². The average molecular weight is 323 g/mol. The highest BCUT2D eigenvalue weighted by atomic mass is 79.9. The molecule has 1 aromatic heterocycles. The highest BCUT2D eigenvalue weighted by molar-refractivity contribution is 9.10. The summed E-state index contributed by atoms with van der Waals surface area (Å²) in [5.41, 5.74) is 0.195. The second kappa shape index (κ2) is 5.88. The van der Waals surface area contributed by atoms with Gasteiger partial charge < -0.3 is 4.74 Å². The molecule has 18 heavy (non-hydrogen) atoms. The smallest absolute Gasteiger partial charge is 0.268 e. The van der Waals surface area contributed by atoms with Gasteiger partial charge in [0.15, 0.2) is 0 Å². The van der Waals surface area contributed by atoms with Crippen LogP contribution in [-0.2, 0) is 11.3 Å². The van der Waals surface area contributed by atoms with Crippen molar-refractivity contribution in [1.82, 2.24) is 9.55 Å². The first kappa shape index (κ1) is 13.6. The molecule has 0 aliphatic carbocycles. The van der Waals surface area contributed by atoms with Crippen molar-refractivity contribution >= 4 is 15.9 Å². The lowest BCUT2D eigenvalue weighted by atomic mass is 9.96. The van der Waals surface area contributed by atoms with Crippen molar-refractivity contribution in [3.05, 3.63) is 26.8 Å². The summed E-state index contributed by atoms with van der Waals surface area (Å²) in [5.74, 6) is 0.155. The normalized spacial score (nSPS) is 17.3. The maximum atomic E-state index is 12.3. The van der Waals surface area contributed by atoms with Crippen LogP contribution in [0.15, 0.2) is 15.6 Å². The monoisotopic (exact) mass is 322 g/mol. The molecule has 0 aromatic carbocycles. The fraction of sp³-hybridized carbons (Fsp3) is 0.636. The van der Waals surface area contributed by atoms with Crippen molar-refractivity contribution in [2.75, 3.05) is 13.2 Å². The van der Waals surface area contributed by atoms with E-state index in [4.69, 9.17) is 4.74 Å². The average Bonchev–Trinajstić information content (AvgIpc) is 2.36. The SMILES string of the molecule is O=c1c(Br)c(C2CCOCC2)ncn1CC(F)F. The minimum absolute atomic E-state index is 0.155. The molecule has 1 aliphatic heterocycles. The minimum Gasteiger partial charge on any atom is -0.381 e. The summed E-state index contributed by atoms with van der Waals surface area (Å²) in [6, 6.07) is 0. The fourth-order valence-corrected chi connectivity index (χ4v) is 2.66. The molecular formula is C11H13BrF2N2O2. The Kier molecular flexibility index (Phi) is 4.45. The Bertz CT molecular complexity index is 473. The van der Waals surface area contributed by atoms with Gasteiger partial charge in [0.2, 0.25) is 0 Å². The number of alkyl halides is 2. The summed E-state index contributed by atoms with van der Waals surface area (Å²) in [6.45, 7) is 0.649. The highest BCUT2D eigenvalue weighted by Gasteiger charge is 2.22. The number of hydrogen-bond acceptors (Lipinski definition) is 3. The van der Waals surface area contributed by atoms with Crippen LogP contribution in [0.1, 0.15) is 24.5 Å². The quantitative estimate of drug-likeness (QED) is 0.856. The summed E-state index contributed by atoms with van der Waals surface area (Å²) in [6.07, 6.45) is 0.225. The van der Waals surface area contributed by atoms with Gasteiger partial charge >= 0.3 is 0 Å². The minimum atomic E-state index is -2.56. The van der Waals surface area contributed by atoms with Crippen LogP contribution < -0.4 is 5.56 Å². The van der Waals surface area contributed by atoms with Crippen LogP contribution in [0.3, 0.4) is 0 Å². The molecule has 4 nitrogen and oxygen atoms in total. The number of aromatic nitrogens is 2. The third-order valence-corrected chi connectivity index (χ3v) is 3.70. The maximum Gasteiger partial charge on any atom is 0.268 e. The van der Waals surface area contributed by atoms with Crippen LogP contribution in [0.5, 0.6) is 0 Å². The molecule has 0 radical (unpaired) electrons. The predicted molar refractivity (Wildman–Crippen MR) is 65.0 cm³/mol. The van der Waals surface area contributed by atoms with Crippen molar-refractivity contribution in [1.29, 1.82) is 0 Å². The van der Waals surface area contributed by atoms with Gasteiger partial charge in [0, 0.05) is 19.1 Å². The zero-order valence-electron chi connectivity index (χ0n) is 9.61. The van der Waals surface area contributed by atoms with E-state index in [0.717, 1.165) is 17.4 Å². The van der Waals surface area contributed by atoms with Crippen LogP contribution in [0, 0.1) is 0 Å². The van der Waals surface area contributed by atoms with E-state index in [2.05, 4.69) is 20.9 Å². The second-order valence-electron chi connectivity index (χ2n) is 4.18. The molecule has 100 valence electrons. The molecular weight excluding hydrogens is 310 g/mol. The molecule has 1 saturated heterocycles. The third kappa shape index (κ3) is 2.95. The molecule has 0 amide bonds. The molecule has 2 rings (SSSR count). The molecule has 0 atom stereocenters. The van der Waals surface area contributed by atoms with E-state index < -0.39 is 18.5 Å². The molecule has 0 saturated carbocycles. The van der Waals surface area contributed by atoms with Gasteiger partial charge in [-0.15, -0.1) is 0 Å². The topological polar surface area (TPSA) is 44.1 Å². The zero-order valence-corrected chi connectivity index (χ0v) is 11.2. The Balaban J connectivity index is 2.28. The molecule has 7 heteroatoms. The van der Waals surface area contributed by atoms with Gasteiger partial charge in [-0.2, -0.15) is 0 Å². The molecule has 0 N–H and O–H groups in total.